The zero-order chi connectivity index (χ0) is 6.97. The van der Waals surface area contributed by atoms with Gasteiger partial charge in [-0.3, -0.25) is 0 Å². The predicted octanol–water partition coefficient (Wildman–Crippen LogP) is 1.77. The van der Waals surface area contributed by atoms with Crippen LogP contribution < -0.4 is 5.73 Å². The molecule has 0 amide bonds. The van der Waals surface area contributed by atoms with Gasteiger partial charge in [-0.25, -0.2) is 0 Å². The largest absolute Gasteiger partial charge is 0.330 e. The summed E-state index contributed by atoms with van der Waals surface area (Å²) < 4.78 is 0. The first-order valence-corrected chi connectivity index (χ1v) is 4.60. The number of hydrogen-bond acceptors (Lipinski definition) is 1. The van der Waals surface area contributed by atoms with Gasteiger partial charge >= 0.3 is 0 Å². The van der Waals surface area contributed by atoms with Crippen molar-refractivity contribution in [3.63, 3.8) is 0 Å². The lowest BCUT2D eigenvalue weighted by Gasteiger charge is -2.41. The normalized spacial score (nSPS) is 45.9. The molecule has 0 aliphatic heterocycles. The maximum absolute atomic E-state index is 5.69. The number of hydrogen-bond donors (Lipinski definition) is 1. The van der Waals surface area contributed by atoms with E-state index in [9.17, 15) is 0 Å². The van der Waals surface area contributed by atoms with Crippen molar-refractivity contribution in [2.24, 2.45) is 23.5 Å². The molecule has 58 valence electrons. The summed E-state index contributed by atoms with van der Waals surface area (Å²) in [5, 5.41) is 0. The molecule has 1 heteroatoms. The van der Waals surface area contributed by atoms with Crippen molar-refractivity contribution in [2.75, 3.05) is 6.54 Å². The Balaban J connectivity index is 2.01. The second-order valence-electron chi connectivity index (χ2n) is 4.01. The smallest absolute Gasteiger partial charge is 0.00461 e. The molecular weight excluding hydrogens is 122 g/mol. The molecule has 1 nitrogen and oxygen atoms in total. The lowest BCUT2D eigenvalue weighted by atomic mass is 9.65. The van der Waals surface area contributed by atoms with Crippen LogP contribution in [-0.2, 0) is 0 Å². The van der Waals surface area contributed by atoms with Crippen LogP contribution in [0.25, 0.3) is 0 Å². The summed E-state index contributed by atoms with van der Waals surface area (Å²) in [6, 6.07) is 0. The van der Waals surface area contributed by atoms with Crippen molar-refractivity contribution in [1.82, 2.24) is 0 Å². The number of fused-ring (bicyclic) bond motifs is 3. The van der Waals surface area contributed by atoms with Gasteiger partial charge in [0.25, 0.3) is 0 Å². The molecule has 0 unspecified atom stereocenters. The summed E-state index contributed by atoms with van der Waals surface area (Å²) >= 11 is 0. The van der Waals surface area contributed by atoms with Gasteiger partial charge in [-0.1, -0.05) is 12.8 Å². The predicted molar refractivity (Wildman–Crippen MR) is 42.6 cm³/mol. The first-order chi connectivity index (χ1) is 4.90. The van der Waals surface area contributed by atoms with E-state index in [1.54, 1.807) is 0 Å². The molecule has 0 aromatic rings. The number of rotatable bonds is 1. The second-order valence-corrected chi connectivity index (χ2v) is 4.01. The van der Waals surface area contributed by atoms with Crippen LogP contribution >= 0.6 is 0 Å². The minimum atomic E-state index is 0.896. The van der Waals surface area contributed by atoms with Gasteiger partial charge in [0.05, 0.1) is 0 Å². The SMILES string of the molecule is NC[C@@H]1CC2CCC1CC2. The average molecular weight is 139 g/mol. The van der Waals surface area contributed by atoms with Gasteiger partial charge in [-0.05, 0) is 43.6 Å². The average Bonchev–Trinajstić information content (AvgIpc) is 2.06. The zero-order valence-corrected chi connectivity index (χ0v) is 6.55. The standard InChI is InChI=1S/C9H17N/c10-6-9-5-7-1-3-8(9)4-2-7/h7-9H,1-6,10H2/t7?,8?,9-/m0/s1. The Bertz CT molecular complexity index is 114. The third kappa shape index (κ3) is 0.968. The molecule has 0 radical (unpaired) electrons. The highest BCUT2D eigenvalue weighted by Gasteiger charge is 2.34. The van der Waals surface area contributed by atoms with Gasteiger partial charge in [0.2, 0.25) is 0 Å². The highest BCUT2D eigenvalue weighted by molar-refractivity contribution is 4.86. The maximum atomic E-state index is 5.69. The van der Waals surface area contributed by atoms with E-state index in [2.05, 4.69) is 0 Å². The molecule has 3 aliphatic rings. The third-order valence-electron chi connectivity index (χ3n) is 3.50. The fourth-order valence-corrected chi connectivity index (χ4v) is 2.80. The van der Waals surface area contributed by atoms with Crippen molar-refractivity contribution >= 4 is 0 Å². The lowest BCUT2D eigenvalue weighted by Crippen LogP contribution is -2.35. The fourth-order valence-electron chi connectivity index (χ4n) is 2.80. The molecule has 2 bridgehead atoms. The summed E-state index contributed by atoms with van der Waals surface area (Å²) in [6.07, 6.45) is 7.41. The minimum Gasteiger partial charge on any atom is -0.330 e. The maximum Gasteiger partial charge on any atom is -0.00461 e. The Morgan fingerprint density at radius 2 is 1.80 bits per heavy atom. The highest BCUT2D eigenvalue weighted by Crippen LogP contribution is 2.44. The minimum absolute atomic E-state index is 0.896. The number of nitrogens with two attached hydrogens (primary N) is 1. The summed E-state index contributed by atoms with van der Waals surface area (Å²) in [5.74, 6) is 2.96. The van der Waals surface area contributed by atoms with Crippen molar-refractivity contribution in [1.29, 1.82) is 0 Å². The van der Waals surface area contributed by atoms with Crippen LogP contribution in [0, 0.1) is 17.8 Å². The topological polar surface area (TPSA) is 26.0 Å². The second kappa shape index (κ2) is 2.54. The van der Waals surface area contributed by atoms with Crippen LogP contribution in [0.3, 0.4) is 0 Å². The summed E-state index contributed by atoms with van der Waals surface area (Å²) in [5.41, 5.74) is 5.69. The first kappa shape index (κ1) is 6.66. The molecule has 1 atom stereocenters. The van der Waals surface area contributed by atoms with Gasteiger partial charge in [-0.15, -0.1) is 0 Å². The first-order valence-electron chi connectivity index (χ1n) is 4.60. The molecule has 0 spiro atoms. The quantitative estimate of drug-likeness (QED) is 0.588. The molecule has 3 rings (SSSR count). The fraction of sp³-hybridized carbons (Fsp3) is 1.00. The Morgan fingerprint density at radius 3 is 2.10 bits per heavy atom. The van der Waals surface area contributed by atoms with E-state index in [1.807, 2.05) is 0 Å². The van der Waals surface area contributed by atoms with Crippen LogP contribution in [0.4, 0.5) is 0 Å². The van der Waals surface area contributed by atoms with Crippen LogP contribution in [-0.4, -0.2) is 6.54 Å². The molecule has 0 heterocycles. The molecule has 3 saturated carbocycles. The van der Waals surface area contributed by atoms with Crippen LogP contribution in [0.1, 0.15) is 32.1 Å². The van der Waals surface area contributed by atoms with Crippen molar-refractivity contribution in [3.8, 4) is 0 Å². The molecule has 0 aromatic heterocycles. The summed E-state index contributed by atoms with van der Waals surface area (Å²) in [6.45, 7) is 0.946. The van der Waals surface area contributed by atoms with E-state index >= 15 is 0 Å². The van der Waals surface area contributed by atoms with Gasteiger partial charge in [0.1, 0.15) is 0 Å². The summed E-state index contributed by atoms with van der Waals surface area (Å²) in [4.78, 5) is 0. The monoisotopic (exact) mass is 139 g/mol. The van der Waals surface area contributed by atoms with Gasteiger partial charge in [-0.2, -0.15) is 0 Å². The molecule has 3 aliphatic carbocycles. The van der Waals surface area contributed by atoms with E-state index in [0.717, 1.165) is 24.3 Å². The van der Waals surface area contributed by atoms with Gasteiger partial charge in [0, 0.05) is 0 Å². The van der Waals surface area contributed by atoms with Crippen LogP contribution in [0.5, 0.6) is 0 Å². The molecule has 3 fully saturated rings. The Labute approximate surface area is 63.0 Å². The van der Waals surface area contributed by atoms with E-state index in [1.165, 1.54) is 32.1 Å². The Kier molecular flexibility index (Phi) is 1.69. The molecule has 2 N–H and O–H groups in total. The van der Waals surface area contributed by atoms with E-state index in [-0.39, 0.29) is 0 Å². The zero-order valence-electron chi connectivity index (χ0n) is 6.55. The lowest BCUT2D eigenvalue weighted by molar-refractivity contribution is 0.104. The molecule has 10 heavy (non-hydrogen) atoms. The molecular formula is C9H17N. The van der Waals surface area contributed by atoms with Gasteiger partial charge in [0.15, 0.2) is 0 Å². The Morgan fingerprint density at radius 1 is 1.10 bits per heavy atom. The highest BCUT2D eigenvalue weighted by atomic mass is 14.6. The third-order valence-corrected chi connectivity index (χ3v) is 3.50. The van der Waals surface area contributed by atoms with Crippen LogP contribution in [0.15, 0.2) is 0 Å². The van der Waals surface area contributed by atoms with E-state index < -0.39 is 0 Å². The molecule has 0 saturated heterocycles. The van der Waals surface area contributed by atoms with E-state index in [0.29, 0.717) is 0 Å². The van der Waals surface area contributed by atoms with Crippen molar-refractivity contribution in [2.45, 2.75) is 32.1 Å². The van der Waals surface area contributed by atoms with Crippen molar-refractivity contribution < 1.29 is 0 Å². The van der Waals surface area contributed by atoms with Gasteiger partial charge < -0.3 is 5.73 Å². The van der Waals surface area contributed by atoms with Crippen molar-refractivity contribution in [3.05, 3.63) is 0 Å². The summed E-state index contributed by atoms with van der Waals surface area (Å²) in [7, 11) is 0. The van der Waals surface area contributed by atoms with Crippen LogP contribution in [0.2, 0.25) is 0 Å². The van der Waals surface area contributed by atoms with E-state index in [4.69, 9.17) is 5.73 Å². The Hall–Kier alpha value is -0.0400. The molecule has 0 aromatic carbocycles.